The summed E-state index contributed by atoms with van der Waals surface area (Å²) in [4.78, 5) is 23.7. The minimum absolute atomic E-state index is 0.0449. The number of hydrogen-bond donors (Lipinski definition) is 2. The molecule has 6 heteroatoms. The van der Waals surface area contributed by atoms with Crippen molar-refractivity contribution >= 4 is 17.2 Å². The number of rotatable bonds is 4. The molecule has 2 unspecified atom stereocenters. The summed E-state index contributed by atoms with van der Waals surface area (Å²) in [6.45, 7) is 2.22. The van der Waals surface area contributed by atoms with Crippen LogP contribution < -0.4 is 10.2 Å². The zero-order valence-electron chi connectivity index (χ0n) is 12.3. The zero-order valence-corrected chi connectivity index (χ0v) is 13.1. The standard InChI is InChI=1S/C16H18N2O3S/c1-10-9-22-16(21)18(10)7-6-14(20)17-15-12-5-3-2-4-11(12)8-13(15)19/h2-5,9,13,15,19H,6-8H2,1H3,(H,17,20). The molecule has 1 amide bonds. The second-order valence-electron chi connectivity index (χ2n) is 5.56. The van der Waals surface area contributed by atoms with E-state index < -0.39 is 6.10 Å². The molecule has 0 fully saturated rings. The Bertz CT molecular complexity index is 750. The molecule has 2 aromatic rings. The topological polar surface area (TPSA) is 71.3 Å². The molecule has 3 rings (SSSR count). The van der Waals surface area contributed by atoms with Gasteiger partial charge >= 0.3 is 4.87 Å². The smallest absolute Gasteiger partial charge is 0.307 e. The first-order chi connectivity index (χ1) is 10.6. The summed E-state index contributed by atoms with van der Waals surface area (Å²) in [5, 5.41) is 14.8. The molecular weight excluding hydrogens is 300 g/mol. The molecule has 1 aliphatic carbocycles. The second-order valence-corrected chi connectivity index (χ2v) is 6.38. The summed E-state index contributed by atoms with van der Waals surface area (Å²) in [6.07, 6.45) is 0.194. The van der Waals surface area contributed by atoms with E-state index in [9.17, 15) is 14.7 Å². The minimum Gasteiger partial charge on any atom is -0.390 e. The molecule has 1 aromatic carbocycles. The monoisotopic (exact) mass is 318 g/mol. The van der Waals surface area contributed by atoms with Crippen LogP contribution in [0.4, 0.5) is 0 Å². The summed E-state index contributed by atoms with van der Waals surface area (Å²) >= 11 is 1.14. The molecule has 1 aliphatic rings. The Morgan fingerprint density at radius 2 is 2.23 bits per heavy atom. The summed E-state index contributed by atoms with van der Waals surface area (Å²) in [5.41, 5.74) is 2.92. The van der Waals surface area contributed by atoms with E-state index in [1.807, 2.05) is 31.2 Å². The van der Waals surface area contributed by atoms with Crippen LogP contribution in [0.15, 0.2) is 34.4 Å². The van der Waals surface area contributed by atoms with Gasteiger partial charge in [0.25, 0.3) is 0 Å². The Labute approximate surface area is 132 Å². The number of aliphatic hydroxyl groups excluding tert-OH is 1. The first-order valence-electron chi connectivity index (χ1n) is 7.26. The molecule has 116 valence electrons. The van der Waals surface area contributed by atoms with E-state index in [0.29, 0.717) is 13.0 Å². The first kappa shape index (κ1) is 15.0. The number of aryl methyl sites for hydroxylation is 1. The van der Waals surface area contributed by atoms with E-state index in [-0.39, 0.29) is 23.2 Å². The summed E-state index contributed by atoms with van der Waals surface area (Å²) in [6, 6.07) is 7.39. The molecule has 1 heterocycles. The predicted octanol–water partition coefficient (Wildman–Crippen LogP) is 1.38. The van der Waals surface area contributed by atoms with Gasteiger partial charge in [-0.25, -0.2) is 0 Å². The zero-order chi connectivity index (χ0) is 15.7. The molecule has 0 spiro atoms. The summed E-state index contributed by atoms with van der Waals surface area (Å²) < 4.78 is 1.60. The Hall–Kier alpha value is -1.92. The highest BCUT2D eigenvalue weighted by atomic mass is 32.1. The van der Waals surface area contributed by atoms with Crippen LogP contribution in [0.3, 0.4) is 0 Å². The van der Waals surface area contributed by atoms with Crippen molar-refractivity contribution in [1.29, 1.82) is 0 Å². The van der Waals surface area contributed by atoms with E-state index >= 15 is 0 Å². The number of amides is 1. The quantitative estimate of drug-likeness (QED) is 0.895. The lowest BCUT2D eigenvalue weighted by atomic mass is 10.1. The molecule has 22 heavy (non-hydrogen) atoms. The molecule has 0 saturated heterocycles. The average Bonchev–Trinajstić information content (AvgIpc) is 2.98. The van der Waals surface area contributed by atoms with Gasteiger partial charge in [-0.2, -0.15) is 0 Å². The SMILES string of the molecule is Cc1csc(=O)n1CCC(=O)NC1c2ccccc2CC1O. The van der Waals surface area contributed by atoms with Gasteiger partial charge in [-0.15, -0.1) is 0 Å². The van der Waals surface area contributed by atoms with Crippen LogP contribution in [0.25, 0.3) is 0 Å². The van der Waals surface area contributed by atoms with Crippen molar-refractivity contribution in [2.45, 2.75) is 38.5 Å². The molecule has 0 aliphatic heterocycles. The Kier molecular flexibility index (Phi) is 4.13. The molecule has 2 N–H and O–H groups in total. The number of fused-ring (bicyclic) bond motifs is 1. The third-order valence-corrected chi connectivity index (χ3v) is 4.94. The third-order valence-electron chi connectivity index (χ3n) is 4.06. The van der Waals surface area contributed by atoms with Gasteiger partial charge in [0.15, 0.2) is 0 Å². The molecule has 0 saturated carbocycles. The lowest BCUT2D eigenvalue weighted by Crippen LogP contribution is -2.34. The highest BCUT2D eigenvalue weighted by Crippen LogP contribution is 2.31. The van der Waals surface area contributed by atoms with Gasteiger partial charge in [0.2, 0.25) is 5.91 Å². The maximum Gasteiger partial charge on any atom is 0.307 e. The number of thiazole rings is 1. The van der Waals surface area contributed by atoms with Crippen LogP contribution in [-0.2, 0) is 17.8 Å². The van der Waals surface area contributed by atoms with Crippen LogP contribution in [0.5, 0.6) is 0 Å². The minimum atomic E-state index is -0.591. The molecule has 5 nitrogen and oxygen atoms in total. The maximum atomic E-state index is 12.1. The maximum absolute atomic E-state index is 12.1. The van der Waals surface area contributed by atoms with Crippen molar-refractivity contribution in [2.24, 2.45) is 0 Å². The van der Waals surface area contributed by atoms with E-state index in [0.717, 1.165) is 28.2 Å². The molecule has 2 atom stereocenters. The second kappa shape index (κ2) is 6.06. The van der Waals surface area contributed by atoms with Crippen LogP contribution in [-0.4, -0.2) is 21.7 Å². The van der Waals surface area contributed by atoms with E-state index in [1.54, 1.807) is 9.95 Å². The van der Waals surface area contributed by atoms with E-state index in [1.165, 1.54) is 0 Å². The number of carbonyl (C=O) groups is 1. The van der Waals surface area contributed by atoms with Gasteiger partial charge in [-0.1, -0.05) is 35.6 Å². The average molecular weight is 318 g/mol. The van der Waals surface area contributed by atoms with Crippen LogP contribution in [0.2, 0.25) is 0 Å². The summed E-state index contributed by atoms with van der Waals surface area (Å²) in [5.74, 6) is -0.154. The van der Waals surface area contributed by atoms with Crippen LogP contribution in [0.1, 0.15) is 29.3 Å². The molecular formula is C16H18N2O3S. The van der Waals surface area contributed by atoms with Crippen molar-refractivity contribution in [3.8, 4) is 0 Å². The molecule has 0 radical (unpaired) electrons. The predicted molar refractivity (Wildman–Crippen MR) is 85.0 cm³/mol. The van der Waals surface area contributed by atoms with Gasteiger partial charge < -0.3 is 15.0 Å². The molecule has 0 bridgehead atoms. The largest absolute Gasteiger partial charge is 0.390 e. The number of aliphatic hydroxyl groups is 1. The van der Waals surface area contributed by atoms with Gasteiger partial charge in [0.05, 0.1) is 12.1 Å². The van der Waals surface area contributed by atoms with Crippen molar-refractivity contribution in [1.82, 2.24) is 9.88 Å². The Balaban J connectivity index is 1.64. The first-order valence-corrected chi connectivity index (χ1v) is 8.14. The fourth-order valence-electron chi connectivity index (χ4n) is 2.88. The third kappa shape index (κ3) is 2.84. The van der Waals surface area contributed by atoms with E-state index in [2.05, 4.69) is 5.32 Å². The number of benzene rings is 1. The number of carbonyl (C=O) groups excluding carboxylic acids is 1. The lowest BCUT2D eigenvalue weighted by Gasteiger charge is -2.18. The number of aromatic nitrogens is 1. The van der Waals surface area contributed by atoms with Gasteiger partial charge in [0, 0.05) is 30.5 Å². The fraction of sp³-hybridized carbons (Fsp3) is 0.375. The highest BCUT2D eigenvalue weighted by molar-refractivity contribution is 7.07. The van der Waals surface area contributed by atoms with Crippen molar-refractivity contribution < 1.29 is 9.90 Å². The highest BCUT2D eigenvalue weighted by Gasteiger charge is 2.31. The van der Waals surface area contributed by atoms with Gasteiger partial charge in [-0.05, 0) is 18.1 Å². The normalized spacial score (nSPS) is 19.9. The van der Waals surface area contributed by atoms with Gasteiger partial charge in [-0.3, -0.25) is 9.59 Å². The summed E-state index contributed by atoms with van der Waals surface area (Å²) in [7, 11) is 0. The number of hydrogen-bond acceptors (Lipinski definition) is 4. The number of nitrogens with one attached hydrogen (secondary N) is 1. The fourth-order valence-corrected chi connectivity index (χ4v) is 3.64. The Morgan fingerprint density at radius 1 is 1.45 bits per heavy atom. The lowest BCUT2D eigenvalue weighted by molar-refractivity contribution is -0.122. The number of nitrogens with zero attached hydrogens (tertiary/aromatic N) is 1. The van der Waals surface area contributed by atoms with Gasteiger partial charge in [0.1, 0.15) is 0 Å². The van der Waals surface area contributed by atoms with Crippen molar-refractivity contribution in [3.63, 3.8) is 0 Å². The van der Waals surface area contributed by atoms with E-state index in [4.69, 9.17) is 0 Å². The Morgan fingerprint density at radius 3 is 2.95 bits per heavy atom. The van der Waals surface area contributed by atoms with Crippen LogP contribution in [0, 0.1) is 6.92 Å². The van der Waals surface area contributed by atoms with Crippen molar-refractivity contribution in [2.75, 3.05) is 0 Å². The van der Waals surface area contributed by atoms with Crippen LogP contribution >= 0.6 is 11.3 Å². The van der Waals surface area contributed by atoms with Crippen molar-refractivity contribution in [3.05, 3.63) is 56.1 Å². The molecule has 1 aromatic heterocycles.